The van der Waals surface area contributed by atoms with Gasteiger partial charge in [-0.2, -0.15) is 13.2 Å². The second-order valence-corrected chi connectivity index (χ2v) is 10.6. The molecule has 240 valence electrons. The number of fused-ring (bicyclic) bond motifs is 1. The lowest BCUT2D eigenvalue weighted by Crippen LogP contribution is -2.29. The van der Waals surface area contributed by atoms with Crippen LogP contribution in [0.5, 0.6) is 11.5 Å². The van der Waals surface area contributed by atoms with Gasteiger partial charge < -0.3 is 30.3 Å². The molecule has 4 aromatic rings. The first-order valence-electron chi connectivity index (χ1n) is 13.6. The van der Waals surface area contributed by atoms with E-state index in [0.717, 1.165) is 41.8 Å². The van der Waals surface area contributed by atoms with Crippen molar-refractivity contribution in [1.82, 2.24) is 14.9 Å². The van der Waals surface area contributed by atoms with Crippen LogP contribution in [-0.4, -0.2) is 74.1 Å². The van der Waals surface area contributed by atoms with Crippen molar-refractivity contribution in [2.24, 2.45) is 5.73 Å². The summed E-state index contributed by atoms with van der Waals surface area (Å²) in [5.41, 5.74) is 6.19. The Kier molecular flexibility index (Phi) is 12.3. The molecule has 0 atom stereocenters. The largest absolute Gasteiger partial charge is 0.484 e. The third-order valence-electron chi connectivity index (χ3n) is 6.13. The first-order valence-corrected chi connectivity index (χ1v) is 14.0. The van der Waals surface area contributed by atoms with Gasteiger partial charge in [-0.05, 0) is 87.7 Å². The molecule has 1 aromatic heterocycles. The molecular weight excluding hydrogens is 613 g/mol. The summed E-state index contributed by atoms with van der Waals surface area (Å²) in [6.07, 6.45) is -4.42. The minimum Gasteiger partial charge on any atom is -0.484 e. The van der Waals surface area contributed by atoms with Gasteiger partial charge >= 0.3 is 6.18 Å². The second-order valence-electron chi connectivity index (χ2n) is 10.1. The van der Waals surface area contributed by atoms with E-state index in [-0.39, 0.29) is 19.0 Å². The number of anilines is 2. The number of benzene rings is 3. The zero-order valence-electron chi connectivity index (χ0n) is 25.2. The highest BCUT2D eigenvalue weighted by atomic mass is 35.5. The Balaban J connectivity index is 0.000000385. The number of halogens is 4. The number of nitrogens with one attached hydrogen (secondary N) is 1. The number of alkyl halides is 3. The summed E-state index contributed by atoms with van der Waals surface area (Å²) in [5, 5.41) is 4.15. The Labute approximate surface area is 263 Å². The minimum atomic E-state index is -4.42. The Morgan fingerprint density at radius 1 is 0.889 bits per heavy atom. The molecular formula is C31H34ClF3N6O4. The lowest BCUT2D eigenvalue weighted by Gasteiger charge is -2.20. The highest BCUT2D eigenvalue weighted by Gasteiger charge is 2.30. The average molecular weight is 647 g/mol. The van der Waals surface area contributed by atoms with Gasteiger partial charge in [0.1, 0.15) is 11.5 Å². The Morgan fingerprint density at radius 2 is 1.49 bits per heavy atom. The number of hydrogen-bond donors (Lipinski definition) is 2. The summed E-state index contributed by atoms with van der Waals surface area (Å²) in [7, 11) is 5.95. The molecule has 0 fully saturated rings. The number of carbonyl (C=O) groups is 2. The normalized spacial score (nSPS) is 11.0. The van der Waals surface area contributed by atoms with Crippen molar-refractivity contribution in [2.75, 3.05) is 57.7 Å². The average Bonchev–Trinajstić information content (AvgIpc) is 2.99. The fourth-order valence-electron chi connectivity index (χ4n) is 3.74. The molecule has 2 amide bonds. The number of nitrogens with two attached hydrogens (primary N) is 1. The van der Waals surface area contributed by atoms with E-state index in [1.165, 1.54) is 12.1 Å². The maximum atomic E-state index is 12.6. The highest BCUT2D eigenvalue weighted by Crippen LogP contribution is 2.30. The van der Waals surface area contributed by atoms with Crippen molar-refractivity contribution < 1.29 is 32.2 Å². The van der Waals surface area contributed by atoms with Crippen molar-refractivity contribution in [1.29, 1.82) is 0 Å². The predicted octanol–water partition coefficient (Wildman–Crippen LogP) is 5.18. The van der Waals surface area contributed by atoms with Gasteiger partial charge in [-0.1, -0.05) is 11.6 Å². The quantitative estimate of drug-likeness (QED) is 0.229. The maximum absolute atomic E-state index is 12.6. The van der Waals surface area contributed by atoms with Crippen molar-refractivity contribution >= 4 is 46.0 Å². The van der Waals surface area contributed by atoms with Crippen LogP contribution in [0.3, 0.4) is 0 Å². The molecule has 14 heteroatoms. The number of rotatable bonds is 11. The van der Waals surface area contributed by atoms with E-state index < -0.39 is 23.6 Å². The van der Waals surface area contributed by atoms with E-state index in [1.807, 2.05) is 33.0 Å². The summed E-state index contributed by atoms with van der Waals surface area (Å²) < 4.78 is 48.1. The van der Waals surface area contributed by atoms with E-state index in [2.05, 4.69) is 20.2 Å². The molecule has 10 nitrogen and oxygen atoms in total. The van der Waals surface area contributed by atoms with Gasteiger partial charge in [-0.25, -0.2) is 9.97 Å². The van der Waals surface area contributed by atoms with Crippen molar-refractivity contribution in [3.63, 3.8) is 0 Å². The lowest BCUT2D eigenvalue weighted by atomic mass is 10.1. The zero-order valence-corrected chi connectivity index (χ0v) is 25.9. The van der Waals surface area contributed by atoms with Gasteiger partial charge in [0.15, 0.2) is 13.2 Å². The summed E-state index contributed by atoms with van der Waals surface area (Å²) in [5.74, 6) is 0.450. The Bertz CT molecular complexity index is 1590. The number of aromatic nitrogens is 2. The molecule has 0 unspecified atom stereocenters. The predicted molar refractivity (Wildman–Crippen MR) is 168 cm³/mol. The number of carbonyl (C=O) groups excluding carboxylic acids is 2. The molecule has 3 N–H and O–H groups in total. The number of likely N-dealkylation sites (N-methyl/N-ethyl adjacent to an activating group) is 2. The molecule has 0 aliphatic carbocycles. The van der Waals surface area contributed by atoms with Crippen LogP contribution < -0.4 is 25.4 Å². The van der Waals surface area contributed by atoms with E-state index in [1.54, 1.807) is 42.5 Å². The Hall–Kier alpha value is -4.62. The van der Waals surface area contributed by atoms with Crippen molar-refractivity contribution in [3.8, 4) is 11.5 Å². The molecule has 0 radical (unpaired) electrons. The van der Waals surface area contributed by atoms with Crippen LogP contribution in [0.25, 0.3) is 10.9 Å². The third kappa shape index (κ3) is 11.4. The van der Waals surface area contributed by atoms with Crippen LogP contribution >= 0.6 is 11.6 Å². The standard InChI is InChI=1S/C23H26F3N5O2.C8H8ClNO2/c1-15-19-13-17(7-10-20(19)29-22(27-15)31(4)12-11-30(2)3)28-21(32)14-33-18-8-5-16(6-9-18)23(24,25)26;9-6-1-3-7(4-2-6)12-5-8(10)11/h5-10,13H,11-12,14H2,1-4H3,(H,28,32);1-4H,5H2,(H2,10,11). The molecule has 45 heavy (non-hydrogen) atoms. The van der Waals surface area contributed by atoms with Crippen LogP contribution in [0, 0.1) is 6.92 Å². The van der Waals surface area contributed by atoms with Gasteiger partial charge in [-0.15, -0.1) is 0 Å². The van der Waals surface area contributed by atoms with E-state index in [4.69, 9.17) is 26.8 Å². The Morgan fingerprint density at radius 3 is 2.07 bits per heavy atom. The topological polar surface area (TPSA) is 123 Å². The van der Waals surface area contributed by atoms with Crippen LogP contribution in [0.15, 0.2) is 66.7 Å². The lowest BCUT2D eigenvalue weighted by molar-refractivity contribution is -0.137. The first-order chi connectivity index (χ1) is 21.2. The fraction of sp³-hybridized carbons (Fsp3) is 0.290. The maximum Gasteiger partial charge on any atom is 0.416 e. The summed E-state index contributed by atoms with van der Waals surface area (Å²) in [6, 6.07) is 16.2. The van der Waals surface area contributed by atoms with Crippen LogP contribution in [0.4, 0.5) is 24.8 Å². The number of amides is 2. The minimum absolute atomic E-state index is 0.109. The van der Waals surface area contributed by atoms with Crippen LogP contribution in [-0.2, 0) is 15.8 Å². The number of ether oxygens (including phenoxy) is 2. The van der Waals surface area contributed by atoms with Crippen molar-refractivity contribution in [2.45, 2.75) is 13.1 Å². The molecule has 0 aliphatic heterocycles. The van der Waals surface area contributed by atoms with E-state index in [0.29, 0.717) is 22.4 Å². The molecule has 0 saturated heterocycles. The number of primary amides is 1. The molecule has 4 rings (SSSR count). The first kappa shape index (κ1) is 34.9. The molecule has 0 spiro atoms. The molecule has 0 bridgehead atoms. The number of hydrogen-bond acceptors (Lipinski definition) is 8. The van der Waals surface area contributed by atoms with Gasteiger partial charge in [0, 0.05) is 36.2 Å². The van der Waals surface area contributed by atoms with Gasteiger partial charge in [0.25, 0.3) is 11.8 Å². The highest BCUT2D eigenvalue weighted by molar-refractivity contribution is 6.30. The van der Waals surface area contributed by atoms with Crippen molar-refractivity contribution in [3.05, 3.63) is 83.0 Å². The summed E-state index contributed by atoms with van der Waals surface area (Å²) in [6.45, 7) is 3.09. The monoisotopic (exact) mass is 646 g/mol. The van der Waals surface area contributed by atoms with E-state index >= 15 is 0 Å². The fourth-order valence-corrected chi connectivity index (χ4v) is 3.86. The van der Waals surface area contributed by atoms with Crippen LogP contribution in [0.1, 0.15) is 11.3 Å². The number of nitrogens with zero attached hydrogens (tertiary/aromatic N) is 4. The van der Waals surface area contributed by atoms with Gasteiger partial charge in [0.05, 0.1) is 16.8 Å². The van der Waals surface area contributed by atoms with Gasteiger partial charge in [0.2, 0.25) is 5.95 Å². The van der Waals surface area contributed by atoms with Crippen LogP contribution in [0.2, 0.25) is 5.02 Å². The smallest absolute Gasteiger partial charge is 0.416 e. The number of aryl methyl sites for hydroxylation is 1. The van der Waals surface area contributed by atoms with Gasteiger partial charge in [-0.3, -0.25) is 9.59 Å². The van der Waals surface area contributed by atoms with E-state index in [9.17, 15) is 22.8 Å². The second kappa shape index (κ2) is 15.9. The summed E-state index contributed by atoms with van der Waals surface area (Å²) in [4.78, 5) is 35.8. The molecule has 1 heterocycles. The zero-order chi connectivity index (χ0) is 33.1. The molecule has 3 aromatic carbocycles. The third-order valence-corrected chi connectivity index (χ3v) is 6.38. The molecule has 0 saturated carbocycles. The SMILES string of the molecule is Cc1nc(N(C)CCN(C)C)nc2ccc(NC(=O)COc3ccc(C(F)(F)F)cc3)cc12.NC(=O)COc1ccc(Cl)cc1. The molecule has 0 aliphatic rings. The summed E-state index contributed by atoms with van der Waals surface area (Å²) >= 11 is 5.63.